The molecule has 2 heterocycles. The topological polar surface area (TPSA) is 25.1 Å². The molecule has 0 saturated carbocycles. The maximum atomic E-state index is 5.67. The van der Waals surface area contributed by atoms with E-state index in [1.54, 1.807) is 18.4 Å². The average molecular weight is 401 g/mol. The van der Waals surface area contributed by atoms with E-state index in [4.69, 9.17) is 9.72 Å². The summed E-state index contributed by atoms with van der Waals surface area (Å²) in [6.07, 6.45) is 0. The summed E-state index contributed by atoms with van der Waals surface area (Å²) >= 11 is 1.81. The molecular formula is C25H24N2OS. The smallest absolute Gasteiger partial charge is 0.116 e. The molecule has 146 valence electrons. The number of nitrogens with zero attached hydrogens (tertiary/aromatic N) is 2. The summed E-state index contributed by atoms with van der Waals surface area (Å²) in [5.41, 5.74) is 3.52. The molecule has 3 aromatic carbocycles. The summed E-state index contributed by atoms with van der Waals surface area (Å²) in [6, 6.07) is 30.3. The molecule has 1 aromatic heterocycles. The van der Waals surface area contributed by atoms with Gasteiger partial charge >= 0.3 is 0 Å². The van der Waals surface area contributed by atoms with Crippen LogP contribution in [0.5, 0.6) is 0 Å². The van der Waals surface area contributed by atoms with Gasteiger partial charge in [0.15, 0.2) is 0 Å². The van der Waals surface area contributed by atoms with Gasteiger partial charge in [-0.15, -0.1) is 11.3 Å². The summed E-state index contributed by atoms with van der Waals surface area (Å²) < 4.78 is 6.91. The minimum absolute atomic E-state index is 0.163. The highest BCUT2D eigenvalue weighted by Crippen LogP contribution is 2.64. The zero-order chi connectivity index (χ0) is 19.8. The number of hydrogen-bond donors (Lipinski definition) is 0. The molecule has 4 atom stereocenters. The number of benzene rings is 3. The minimum Gasteiger partial charge on any atom is -0.383 e. The van der Waals surface area contributed by atoms with E-state index in [9.17, 15) is 0 Å². The molecule has 1 fully saturated rings. The second-order valence-electron chi connectivity index (χ2n) is 7.74. The highest BCUT2D eigenvalue weighted by molar-refractivity contribution is 7.18. The molecule has 5 rings (SSSR count). The lowest BCUT2D eigenvalue weighted by Gasteiger charge is -2.21. The number of aromatic nitrogens is 1. The molecular weight excluding hydrogens is 376 g/mol. The second kappa shape index (κ2) is 7.38. The monoisotopic (exact) mass is 400 g/mol. The van der Waals surface area contributed by atoms with Crippen LogP contribution in [0.4, 0.5) is 0 Å². The Morgan fingerprint density at radius 1 is 0.966 bits per heavy atom. The molecule has 1 aliphatic rings. The molecule has 0 amide bonds. The largest absolute Gasteiger partial charge is 0.383 e. The fourth-order valence-electron chi connectivity index (χ4n) is 4.52. The summed E-state index contributed by atoms with van der Waals surface area (Å²) in [5, 5.41) is 1.17. The third-order valence-corrected chi connectivity index (χ3v) is 7.23. The van der Waals surface area contributed by atoms with Crippen LogP contribution in [0, 0.1) is 0 Å². The van der Waals surface area contributed by atoms with E-state index < -0.39 is 0 Å². The van der Waals surface area contributed by atoms with Crippen LogP contribution < -0.4 is 0 Å². The first-order valence-electron chi connectivity index (χ1n) is 9.97. The number of hydrogen-bond acceptors (Lipinski definition) is 4. The lowest BCUT2D eigenvalue weighted by atomic mass is 10.0. The summed E-state index contributed by atoms with van der Waals surface area (Å²) in [5.74, 6) is 0. The second-order valence-corrected chi connectivity index (χ2v) is 8.77. The van der Waals surface area contributed by atoms with E-state index in [2.05, 4.69) is 96.8 Å². The standard InChI is InChI=1S/C25H24N2OS/c1-25(24-26-20-15-9-10-16-22(20)29-24)23(19-13-7-4-8-14-19)27(25)21(17-28-2)18-11-5-3-6-12-18/h3-16,21,23H,17H2,1-2H3/t21-,23-,25+,27?/m0/s1. The Bertz CT molecular complexity index is 1080. The summed E-state index contributed by atoms with van der Waals surface area (Å²) in [4.78, 5) is 7.61. The van der Waals surface area contributed by atoms with Crippen LogP contribution in [-0.2, 0) is 10.3 Å². The zero-order valence-electron chi connectivity index (χ0n) is 16.7. The molecule has 4 aromatic rings. The van der Waals surface area contributed by atoms with Crippen LogP contribution in [-0.4, -0.2) is 23.6 Å². The third-order valence-electron chi connectivity index (χ3n) is 5.97. The van der Waals surface area contributed by atoms with E-state index in [1.165, 1.54) is 20.8 Å². The molecule has 1 saturated heterocycles. The molecule has 0 spiro atoms. The van der Waals surface area contributed by atoms with Crippen LogP contribution in [0.3, 0.4) is 0 Å². The van der Waals surface area contributed by atoms with Gasteiger partial charge < -0.3 is 4.74 Å². The number of methoxy groups -OCH3 is 1. The quantitative estimate of drug-likeness (QED) is 0.374. The van der Waals surface area contributed by atoms with Crippen molar-refractivity contribution in [3.05, 3.63) is 101 Å². The van der Waals surface area contributed by atoms with Gasteiger partial charge in [-0.3, -0.25) is 4.90 Å². The van der Waals surface area contributed by atoms with Crippen molar-refractivity contribution in [3.8, 4) is 0 Å². The van der Waals surface area contributed by atoms with Gasteiger partial charge in [-0.05, 0) is 30.2 Å². The number of thiazole rings is 1. The molecule has 0 radical (unpaired) electrons. The van der Waals surface area contributed by atoms with Crippen molar-refractivity contribution in [2.24, 2.45) is 0 Å². The van der Waals surface area contributed by atoms with Gasteiger partial charge in [-0.2, -0.15) is 0 Å². The Morgan fingerprint density at radius 3 is 2.31 bits per heavy atom. The lowest BCUT2D eigenvalue weighted by Crippen LogP contribution is -2.21. The molecule has 29 heavy (non-hydrogen) atoms. The predicted molar refractivity (Wildman–Crippen MR) is 119 cm³/mol. The predicted octanol–water partition coefficient (Wildman–Crippen LogP) is 5.96. The Labute approximate surface area is 175 Å². The molecule has 0 bridgehead atoms. The first kappa shape index (κ1) is 18.5. The lowest BCUT2D eigenvalue weighted by molar-refractivity contribution is 0.128. The fourth-order valence-corrected chi connectivity index (χ4v) is 5.66. The third kappa shape index (κ3) is 3.08. The van der Waals surface area contributed by atoms with Crippen LogP contribution >= 0.6 is 11.3 Å². The van der Waals surface area contributed by atoms with E-state index in [0.717, 1.165) is 5.52 Å². The maximum Gasteiger partial charge on any atom is 0.116 e. The van der Waals surface area contributed by atoms with E-state index in [1.807, 2.05) is 0 Å². The van der Waals surface area contributed by atoms with Gasteiger partial charge in [0, 0.05) is 7.11 Å². The number of ether oxygens (including phenoxy) is 1. The van der Waals surface area contributed by atoms with Crippen LogP contribution in [0.1, 0.15) is 35.1 Å². The highest BCUT2D eigenvalue weighted by atomic mass is 32.1. The summed E-state index contributed by atoms with van der Waals surface area (Å²) in [7, 11) is 1.78. The SMILES string of the molecule is COC[C@@H](c1ccccc1)N1[C@@H](c2ccccc2)[C@]1(C)c1nc2ccccc2s1. The van der Waals surface area contributed by atoms with Crippen molar-refractivity contribution in [2.75, 3.05) is 13.7 Å². The van der Waals surface area contributed by atoms with Gasteiger partial charge in [0.2, 0.25) is 0 Å². The number of fused-ring (bicyclic) bond motifs is 1. The van der Waals surface area contributed by atoms with Crippen molar-refractivity contribution in [1.82, 2.24) is 9.88 Å². The molecule has 1 unspecified atom stereocenters. The van der Waals surface area contributed by atoms with Gasteiger partial charge in [0.25, 0.3) is 0 Å². The minimum atomic E-state index is -0.163. The highest BCUT2D eigenvalue weighted by Gasteiger charge is 2.65. The average Bonchev–Trinajstić information content (AvgIpc) is 3.17. The molecule has 0 N–H and O–H groups in total. The molecule has 4 heteroatoms. The van der Waals surface area contributed by atoms with Crippen LogP contribution in [0.15, 0.2) is 84.9 Å². The Balaban J connectivity index is 1.63. The normalized spacial score (nSPS) is 24.5. The van der Waals surface area contributed by atoms with Gasteiger partial charge in [0.05, 0.1) is 34.4 Å². The van der Waals surface area contributed by atoms with Crippen LogP contribution in [0.2, 0.25) is 0 Å². The van der Waals surface area contributed by atoms with Gasteiger partial charge in [-0.25, -0.2) is 4.98 Å². The Morgan fingerprint density at radius 2 is 1.62 bits per heavy atom. The fraction of sp³-hybridized carbons (Fsp3) is 0.240. The van der Waals surface area contributed by atoms with Crippen LogP contribution in [0.25, 0.3) is 10.2 Å². The maximum absolute atomic E-state index is 5.67. The van der Waals surface area contributed by atoms with Gasteiger partial charge in [0.1, 0.15) is 5.01 Å². The molecule has 3 nitrogen and oxygen atoms in total. The van der Waals surface area contributed by atoms with E-state index >= 15 is 0 Å². The number of para-hydroxylation sites is 1. The first-order valence-corrected chi connectivity index (χ1v) is 10.8. The molecule has 0 aliphatic carbocycles. The van der Waals surface area contributed by atoms with Crippen molar-refractivity contribution in [3.63, 3.8) is 0 Å². The van der Waals surface area contributed by atoms with Crippen molar-refractivity contribution >= 4 is 21.6 Å². The summed E-state index contributed by atoms with van der Waals surface area (Å²) in [6.45, 7) is 2.97. The van der Waals surface area contributed by atoms with Gasteiger partial charge in [-0.1, -0.05) is 72.8 Å². The van der Waals surface area contributed by atoms with Crippen molar-refractivity contribution < 1.29 is 4.74 Å². The van der Waals surface area contributed by atoms with E-state index in [0.29, 0.717) is 6.61 Å². The zero-order valence-corrected chi connectivity index (χ0v) is 17.5. The Kier molecular flexibility index (Phi) is 4.70. The van der Waals surface area contributed by atoms with Crippen molar-refractivity contribution in [1.29, 1.82) is 0 Å². The Hall–Kier alpha value is -2.53. The van der Waals surface area contributed by atoms with E-state index in [-0.39, 0.29) is 17.6 Å². The number of rotatable bonds is 6. The first-order chi connectivity index (χ1) is 14.2. The molecule has 1 aliphatic heterocycles. The van der Waals surface area contributed by atoms with Crippen molar-refractivity contribution in [2.45, 2.75) is 24.5 Å².